The number of rotatable bonds is 9. The highest BCUT2D eigenvalue weighted by molar-refractivity contribution is 6.32. The number of hydrogen-bond acceptors (Lipinski definition) is 7. The molecule has 3 fully saturated rings. The Morgan fingerprint density at radius 2 is 1.96 bits per heavy atom. The van der Waals surface area contributed by atoms with Gasteiger partial charge >= 0.3 is 0 Å². The van der Waals surface area contributed by atoms with Crippen molar-refractivity contribution in [2.75, 3.05) is 67.5 Å². The number of benzene rings is 1. The number of hydrogen-bond donors (Lipinski definition) is 1. The lowest BCUT2D eigenvalue weighted by molar-refractivity contribution is 0.215. The predicted octanol–water partition coefficient (Wildman–Crippen LogP) is 7.77. The highest BCUT2D eigenvalue weighted by Gasteiger charge is 2.44. The second-order valence-electron chi connectivity index (χ2n) is 13.8. The number of nitrogens with zero attached hydrogens (tertiary/aromatic N) is 6. The minimum atomic E-state index is 0.438. The lowest BCUT2D eigenvalue weighted by atomic mass is 9.86. The summed E-state index contributed by atoms with van der Waals surface area (Å²) in [6.07, 6.45) is 17.6. The third-order valence-electron chi connectivity index (χ3n) is 10.3. The fourth-order valence-corrected chi connectivity index (χ4v) is 7.78. The van der Waals surface area contributed by atoms with Crippen molar-refractivity contribution in [2.45, 2.75) is 59.4 Å². The summed E-state index contributed by atoms with van der Waals surface area (Å²) in [4.78, 5) is 19.6. The molecule has 8 heteroatoms. The Bertz CT molecular complexity index is 1470. The van der Waals surface area contributed by atoms with Gasteiger partial charge in [0.15, 0.2) is 5.82 Å². The normalized spacial score (nSPS) is 23.0. The Balaban J connectivity index is 1.02. The first-order valence-corrected chi connectivity index (χ1v) is 17.2. The third kappa shape index (κ3) is 7.10. The molecule has 4 aliphatic heterocycles. The van der Waals surface area contributed by atoms with E-state index in [0.717, 1.165) is 43.7 Å². The summed E-state index contributed by atoms with van der Waals surface area (Å²) >= 11 is 6.58. The second-order valence-corrected chi connectivity index (χ2v) is 14.2. The molecule has 45 heavy (non-hydrogen) atoms. The van der Waals surface area contributed by atoms with Crippen molar-refractivity contribution in [3.8, 4) is 0 Å². The van der Waals surface area contributed by atoms with E-state index in [1.54, 1.807) is 6.20 Å². The topological polar surface area (TPSA) is 50.8 Å². The van der Waals surface area contributed by atoms with Crippen molar-refractivity contribution in [3.05, 3.63) is 77.1 Å². The van der Waals surface area contributed by atoms with Crippen molar-refractivity contribution in [1.29, 1.82) is 0 Å². The van der Waals surface area contributed by atoms with Gasteiger partial charge in [0.25, 0.3) is 0 Å². The van der Waals surface area contributed by atoms with E-state index in [2.05, 4.69) is 107 Å². The van der Waals surface area contributed by atoms with Crippen molar-refractivity contribution in [1.82, 2.24) is 19.8 Å². The molecule has 3 saturated heterocycles. The Labute approximate surface area is 275 Å². The summed E-state index contributed by atoms with van der Waals surface area (Å²) in [7, 11) is 0. The monoisotopic (exact) mass is 627 g/mol. The minimum absolute atomic E-state index is 0.438. The zero-order valence-corrected chi connectivity index (χ0v) is 28.4. The highest BCUT2D eigenvalue weighted by Crippen LogP contribution is 2.42. The van der Waals surface area contributed by atoms with Crippen molar-refractivity contribution in [2.24, 2.45) is 11.3 Å². The van der Waals surface area contributed by atoms with Gasteiger partial charge in [-0.2, -0.15) is 4.98 Å². The first-order valence-electron chi connectivity index (χ1n) is 16.8. The van der Waals surface area contributed by atoms with E-state index in [1.807, 2.05) is 6.08 Å². The summed E-state index contributed by atoms with van der Waals surface area (Å²) < 4.78 is 0. The summed E-state index contributed by atoms with van der Waals surface area (Å²) in [5, 5.41) is 4.00. The number of anilines is 4. The van der Waals surface area contributed by atoms with Crippen LogP contribution in [0.3, 0.4) is 0 Å². The van der Waals surface area contributed by atoms with Gasteiger partial charge in [0.2, 0.25) is 5.95 Å². The Kier molecular flexibility index (Phi) is 9.57. The van der Waals surface area contributed by atoms with Crippen LogP contribution in [0.25, 0.3) is 6.08 Å². The van der Waals surface area contributed by atoms with E-state index >= 15 is 0 Å². The van der Waals surface area contributed by atoms with Crippen LogP contribution in [0.2, 0.25) is 5.02 Å². The van der Waals surface area contributed by atoms with Gasteiger partial charge in [0.1, 0.15) is 5.02 Å². The van der Waals surface area contributed by atoms with Crippen LogP contribution in [-0.4, -0.2) is 78.2 Å². The number of allylic oxidation sites excluding steroid dienone is 4. The summed E-state index contributed by atoms with van der Waals surface area (Å²) in [6.45, 7) is 21.6. The maximum absolute atomic E-state index is 6.58. The summed E-state index contributed by atoms with van der Waals surface area (Å²) in [5.41, 5.74) is 6.46. The van der Waals surface area contributed by atoms with Gasteiger partial charge in [0.05, 0.1) is 6.20 Å². The third-order valence-corrected chi connectivity index (χ3v) is 10.6. The fraction of sp³-hybridized carbons (Fsp3) is 0.514. The molecule has 5 heterocycles. The van der Waals surface area contributed by atoms with Gasteiger partial charge in [-0.15, -0.1) is 0 Å². The molecule has 240 valence electrons. The lowest BCUT2D eigenvalue weighted by Crippen LogP contribution is -2.39. The van der Waals surface area contributed by atoms with Crippen LogP contribution >= 0.6 is 11.6 Å². The molecule has 1 aromatic heterocycles. The second kappa shape index (κ2) is 13.6. The molecule has 6 rings (SSSR count). The zero-order chi connectivity index (χ0) is 31.6. The molecule has 7 nitrogen and oxygen atoms in total. The van der Waals surface area contributed by atoms with Crippen LogP contribution in [0.5, 0.6) is 0 Å². The van der Waals surface area contributed by atoms with Gasteiger partial charge in [-0.3, -0.25) is 0 Å². The van der Waals surface area contributed by atoms with Crippen molar-refractivity contribution < 1.29 is 0 Å². The molecule has 1 N–H and O–H groups in total. The number of fused-ring (bicyclic) bond motifs is 1. The van der Waals surface area contributed by atoms with Gasteiger partial charge in [-0.1, -0.05) is 42.5 Å². The van der Waals surface area contributed by atoms with Crippen LogP contribution in [0, 0.1) is 11.3 Å². The molecule has 1 aromatic carbocycles. The minimum Gasteiger partial charge on any atom is -0.371 e. The largest absolute Gasteiger partial charge is 0.371 e. The molecule has 2 aromatic rings. The molecule has 1 atom stereocenters. The molecule has 0 amide bonds. The Morgan fingerprint density at radius 1 is 1.16 bits per heavy atom. The zero-order valence-electron chi connectivity index (χ0n) is 27.6. The van der Waals surface area contributed by atoms with Crippen molar-refractivity contribution in [3.63, 3.8) is 0 Å². The van der Waals surface area contributed by atoms with E-state index in [1.165, 1.54) is 74.4 Å². The van der Waals surface area contributed by atoms with E-state index in [4.69, 9.17) is 16.6 Å². The Morgan fingerprint density at radius 3 is 2.71 bits per heavy atom. The number of likely N-dealkylation sites (tertiary alicyclic amines) is 2. The van der Waals surface area contributed by atoms with Gasteiger partial charge in [-0.05, 0) is 101 Å². The lowest BCUT2D eigenvalue weighted by Gasteiger charge is -2.34. The molecule has 0 aliphatic carbocycles. The predicted molar refractivity (Wildman–Crippen MR) is 191 cm³/mol. The SMILES string of the molecule is C=C/C(C)=C\C(=C/C)N1CCC2(CCN(CC3CCN(c4ncc(Cl)c(Nc5ccc6c(c5)C=CCN6C(C)C)n4)CC3)C2)C1. The summed E-state index contributed by atoms with van der Waals surface area (Å²) in [6, 6.07) is 6.93. The summed E-state index contributed by atoms with van der Waals surface area (Å²) in [5.74, 6) is 2.14. The van der Waals surface area contributed by atoms with E-state index < -0.39 is 0 Å². The van der Waals surface area contributed by atoms with E-state index in [0.29, 0.717) is 22.3 Å². The quantitative estimate of drug-likeness (QED) is 0.285. The molecular formula is C37H50ClN7. The first-order chi connectivity index (χ1) is 21.8. The average molecular weight is 628 g/mol. The maximum Gasteiger partial charge on any atom is 0.227 e. The standard InChI is InChI=1S/C37H50ClN7/c1-6-28(5)21-32(7-2)44-20-15-37(26-44)14-19-42(25-37)24-29-12-17-43(18-13-29)36-39-23-33(38)35(41-36)40-31-10-11-34-30(22-31)9-8-16-45(34)27(3)4/h6-11,21-23,27,29H,1,12-20,24-26H2,2-5H3,(H,39,40,41)/b28-21-,32-7+. The number of halogens is 1. The molecule has 0 radical (unpaired) electrons. The molecular weight excluding hydrogens is 578 g/mol. The van der Waals surface area contributed by atoms with Gasteiger partial charge < -0.3 is 24.9 Å². The molecule has 1 unspecified atom stereocenters. The molecule has 1 spiro atoms. The molecule has 0 saturated carbocycles. The number of nitrogens with one attached hydrogen (secondary N) is 1. The van der Waals surface area contributed by atoms with Gasteiger partial charge in [0, 0.05) is 74.3 Å². The van der Waals surface area contributed by atoms with Gasteiger partial charge in [-0.25, -0.2) is 4.98 Å². The van der Waals surface area contributed by atoms with Crippen LogP contribution in [0.1, 0.15) is 58.9 Å². The maximum atomic E-state index is 6.58. The highest BCUT2D eigenvalue weighted by atomic mass is 35.5. The smallest absolute Gasteiger partial charge is 0.227 e. The van der Waals surface area contributed by atoms with Crippen molar-refractivity contribution >= 4 is 40.8 Å². The van der Waals surface area contributed by atoms with Crippen LogP contribution in [0.4, 0.5) is 23.1 Å². The van der Waals surface area contributed by atoms with Crippen LogP contribution in [-0.2, 0) is 0 Å². The van der Waals surface area contributed by atoms with E-state index in [-0.39, 0.29) is 0 Å². The van der Waals surface area contributed by atoms with E-state index in [9.17, 15) is 0 Å². The van der Waals surface area contributed by atoms with Crippen LogP contribution < -0.4 is 15.1 Å². The number of piperidine rings is 1. The number of aromatic nitrogens is 2. The average Bonchev–Trinajstić information content (AvgIpc) is 3.65. The van der Waals surface area contributed by atoms with Crippen LogP contribution in [0.15, 0.2) is 66.5 Å². The fourth-order valence-electron chi connectivity index (χ4n) is 7.64. The molecule has 0 bridgehead atoms. The molecule has 4 aliphatic rings. The first kappa shape index (κ1) is 31.7. The Hall–Kier alpha value is -3.29.